The summed E-state index contributed by atoms with van der Waals surface area (Å²) in [7, 11) is 1.59. The quantitative estimate of drug-likeness (QED) is 0.269. The number of anilines is 2. The predicted octanol–water partition coefficient (Wildman–Crippen LogP) is 6.19. The summed E-state index contributed by atoms with van der Waals surface area (Å²) in [6.45, 7) is 3.88. The first-order valence-electron chi connectivity index (χ1n) is 10.4. The molecule has 0 radical (unpaired) electrons. The summed E-state index contributed by atoms with van der Waals surface area (Å²) in [5.74, 6) is 1.09. The molecule has 4 aromatic rings. The fourth-order valence-electron chi connectivity index (χ4n) is 3.33. The largest absolute Gasteiger partial charge is 0.496 e. The van der Waals surface area contributed by atoms with Gasteiger partial charge < -0.3 is 19.8 Å². The highest BCUT2D eigenvalue weighted by Crippen LogP contribution is 2.34. The second-order valence-corrected chi connectivity index (χ2v) is 8.55. The minimum absolute atomic E-state index is 0.220. The van der Waals surface area contributed by atoms with Gasteiger partial charge in [-0.05, 0) is 38.1 Å². The SMILES string of the molecule is CCOC(=O)c1cnc(Nc2ccc(-c3nc(C)c[nH]3)c(OC)c2)nc1-c1ccc(Br)cc1Cl. The first-order valence-corrected chi connectivity index (χ1v) is 11.5. The van der Waals surface area contributed by atoms with E-state index < -0.39 is 5.97 Å². The number of methoxy groups -OCH3 is 1. The normalized spacial score (nSPS) is 10.7. The maximum absolute atomic E-state index is 12.5. The standard InChI is InChI=1S/C24H21BrClN5O3/c1-4-34-23(32)18-12-28-24(31-21(18)16-7-5-14(25)9-19(16)26)30-15-6-8-17(20(10-15)33-3)22-27-11-13(2)29-22/h5-12H,4H2,1-3H3,(H,27,29)(H,28,30,31). The number of aryl methyl sites for hydroxylation is 1. The van der Waals surface area contributed by atoms with E-state index in [0.717, 1.165) is 15.7 Å². The number of hydrogen-bond donors (Lipinski definition) is 2. The van der Waals surface area contributed by atoms with Gasteiger partial charge in [0.1, 0.15) is 17.1 Å². The predicted molar refractivity (Wildman–Crippen MR) is 135 cm³/mol. The molecule has 0 spiro atoms. The van der Waals surface area contributed by atoms with Crippen LogP contribution in [0.25, 0.3) is 22.6 Å². The number of benzene rings is 2. The molecule has 0 saturated heterocycles. The van der Waals surface area contributed by atoms with Crippen molar-refractivity contribution in [3.8, 4) is 28.4 Å². The van der Waals surface area contributed by atoms with Crippen molar-refractivity contribution in [2.45, 2.75) is 13.8 Å². The van der Waals surface area contributed by atoms with Gasteiger partial charge in [-0.25, -0.2) is 19.7 Å². The number of imidazole rings is 1. The van der Waals surface area contributed by atoms with Crippen LogP contribution in [0.2, 0.25) is 5.02 Å². The van der Waals surface area contributed by atoms with E-state index in [4.69, 9.17) is 21.1 Å². The summed E-state index contributed by atoms with van der Waals surface area (Å²) in [5.41, 5.74) is 3.57. The van der Waals surface area contributed by atoms with Gasteiger partial charge in [0.2, 0.25) is 5.95 Å². The van der Waals surface area contributed by atoms with E-state index in [2.05, 4.69) is 41.2 Å². The van der Waals surface area contributed by atoms with E-state index in [0.29, 0.717) is 33.5 Å². The molecule has 2 aromatic carbocycles. The monoisotopic (exact) mass is 541 g/mol. The van der Waals surface area contributed by atoms with Gasteiger partial charge >= 0.3 is 5.97 Å². The Kier molecular flexibility index (Phi) is 7.14. The Balaban J connectivity index is 1.72. The summed E-state index contributed by atoms with van der Waals surface area (Å²) in [5, 5.41) is 3.60. The van der Waals surface area contributed by atoms with Gasteiger partial charge in [0.25, 0.3) is 0 Å². The number of aromatic nitrogens is 4. The highest BCUT2D eigenvalue weighted by molar-refractivity contribution is 9.10. The van der Waals surface area contributed by atoms with Crippen LogP contribution in [0, 0.1) is 6.92 Å². The number of aromatic amines is 1. The van der Waals surface area contributed by atoms with Crippen molar-refractivity contribution in [3.63, 3.8) is 0 Å². The van der Waals surface area contributed by atoms with Crippen LogP contribution in [0.1, 0.15) is 23.0 Å². The Labute approximate surface area is 209 Å². The van der Waals surface area contributed by atoms with Crippen LogP contribution in [0.5, 0.6) is 5.75 Å². The lowest BCUT2D eigenvalue weighted by molar-refractivity contribution is 0.0526. The molecule has 4 rings (SSSR count). The van der Waals surface area contributed by atoms with Gasteiger partial charge in [0, 0.05) is 34.2 Å². The molecule has 0 aliphatic carbocycles. The Hall–Kier alpha value is -3.43. The minimum Gasteiger partial charge on any atom is -0.496 e. The van der Waals surface area contributed by atoms with Crippen molar-refractivity contribution in [1.29, 1.82) is 0 Å². The van der Waals surface area contributed by atoms with Gasteiger partial charge in [-0.1, -0.05) is 33.6 Å². The number of nitrogens with one attached hydrogen (secondary N) is 2. The van der Waals surface area contributed by atoms with Crippen molar-refractivity contribution >= 4 is 45.1 Å². The van der Waals surface area contributed by atoms with Gasteiger partial charge in [0.15, 0.2) is 0 Å². The fourth-order valence-corrected chi connectivity index (χ4v) is 4.10. The lowest BCUT2D eigenvalue weighted by Crippen LogP contribution is -2.10. The number of carbonyl (C=O) groups is 1. The third kappa shape index (κ3) is 5.05. The maximum atomic E-state index is 12.5. The first-order chi connectivity index (χ1) is 16.4. The highest BCUT2D eigenvalue weighted by Gasteiger charge is 2.20. The average Bonchev–Trinajstić information content (AvgIpc) is 3.25. The van der Waals surface area contributed by atoms with E-state index in [1.165, 1.54) is 6.20 Å². The second-order valence-electron chi connectivity index (χ2n) is 7.23. The Bertz CT molecular complexity index is 1360. The Morgan fingerprint density at radius 1 is 1.18 bits per heavy atom. The molecule has 2 heterocycles. The zero-order valence-electron chi connectivity index (χ0n) is 18.6. The van der Waals surface area contributed by atoms with Crippen molar-refractivity contribution in [3.05, 3.63) is 69.5 Å². The molecule has 0 atom stereocenters. The van der Waals surface area contributed by atoms with Crippen LogP contribution in [0.3, 0.4) is 0 Å². The summed E-state index contributed by atoms with van der Waals surface area (Å²) in [6, 6.07) is 10.9. The van der Waals surface area contributed by atoms with Crippen molar-refractivity contribution in [2.24, 2.45) is 0 Å². The molecule has 0 amide bonds. The number of hydrogen-bond acceptors (Lipinski definition) is 7. The van der Waals surface area contributed by atoms with Crippen LogP contribution in [0.15, 0.2) is 53.3 Å². The van der Waals surface area contributed by atoms with Gasteiger partial charge in [-0.2, -0.15) is 0 Å². The van der Waals surface area contributed by atoms with E-state index >= 15 is 0 Å². The van der Waals surface area contributed by atoms with Crippen LogP contribution in [-0.4, -0.2) is 39.6 Å². The molecule has 0 fully saturated rings. The van der Waals surface area contributed by atoms with Gasteiger partial charge in [-0.15, -0.1) is 0 Å². The van der Waals surface area contributed by atoms with Crippen molar-refractivity contribution in [2.75, 3.05) is 19.0 Å². The second kappa shape index (κ2) is 10.2. The molecule has 0 saturated carbocycles. The van der Waals surface area contributed by atoms with Crippen molar-refractivity contribution < 1.29 is 14.3 Å². The van der Waals surface area contributed by atoms with E-state index in [1.807, 2.05) is 37.4 Å². The van der Waals surface area contributed by atoms with Gasteiger partial charge in [0.05, 0.1) is 35.7 Å². The van der Waals surface area contributed by atoms with E-state index in [9.17, 15) is 4.79 Å². The minimum atomic E-state index is -0.525. The molecular weight excluding hydrogens is 522 g/mol. The molecule has 2 N–H and O–H groups in total. The molecule has 0 unspecified atom stereocenters. The Morgan fingerprint density at radius 3 is 2.65 bits per heavy atom. The summed E-state index contributed by atoms with van der Waals surface area (Å²) < 4.78 is 11.6. The zero-order chi connectivity index (χ0) is 24.2. The van der Waals surface area contributed by atoms with E-state index in [-0.39, 0.29) is 18.1 Å². The number of carbonyl (C=O) groups excluding carboxylic acids is 1. The lowest BCUT2D eigenvalue weighted by atomic mass is 10.1. The Morgan fingerprint density at radius 2 is 1.97 bits per heavy atom. The summed E-state index contributed by atoms with van der Waals surface area (Å²) in [4.78, 5) is 29.0. The lowest BCUT2D eigenvalue weighted by Gasteiger charge is -2.13. The van der Waals surface area contributed by atoms with Crippen molar-refractivity contribution in [1.82, 2.24) is 19.9 Å². The van der Waals surface area contributed by atoms with Gasteiger partial charge in [-0.3, -0.25) is 0 Å². The summed E-state index contributed by atoms with van der Waals surface area (Å²) in [6.07, 6.45) is 3.26. The fraction of sp³-hybridized carbons (Fsp3) is 0.167. The topological polar surface area (TPSA) is 102 Å². The summed E-state index contributed by atoms with van der Waals surface area (Å²) >= 11 is 9.86. The number of ether oxygens (including phenoxy) is 2. The smallest absolute Gasteiger partial charge is 0.341 e. The number of rotatable bonds is 7. The van der Waals surface area contributed by atoms with E-state index in [1.54, 1.807) is 26.2 Å². The molecule has 10 heteroatoms. The van der Waals surface area contributed by atoms with Crippen LogP contribution in [-0.2, 0) is 4.74 Å². The molecule has 0 aliphatic heterocycles. The van der Waals surface area contributed by atoms with Crippen LogP contribution < -0.4 is 10.1 Å². The average molecular weight is 543 g/mol. The number of esters is 1. The zero-order valence-corrected chi connectivity index (χ0v) is 21.0. The molecule has 2 aromatic heterocycles. The molecule has 174 valence electrons. The van der Waals surface area contributed by atoms with Crippen LogP contribution >= 0.6 is 27.5 Å². The molecule has 8 nitrogen and oxygen atoms in total. The molecule has 0 aliphatic rings. The number of H-pyrrole nitrogens is 1. The maximum Gasteiger partial charge on any atom is 0.341 e. The molecular formula is C24H21BrClN5O3. The number of halogens is 2. The number of nitrogens with zero attached hydrogens (tertiary/aromatic N) is 3. The third-order valence-electron chi connectivity index (χ3n) is 4.89. The molecule has 0 bridgehead atoms. The van der Waals surface area contributed by atoms with Crippen LogP contribution in [0.4, 0.5) is 11.6 Å². The third-order valence-corrected chi connectivity index (χ3v) is 5.70. The highest BCUT2D eigenvalue weighted by atomic mass is 79.9. The molecule has 34 heavy (non-hydrogen) atoms. The first kappa shape index (κ1) is 23.7.